The van der Waals surface area contributed by atoms with Gasteiger partial charge in [0.2, 0.25) is 0 Å². The van der Waals surface area contributed by atoms with Gasteiger partial charge >= 0.3 is 0 Å². The summed E-state index contributed by atoms with van der Waals surface area (Å²) in [5, 5.41) is 0.852. The van der Waals surface area contributed by atoms with Gasteiger partial charge < -0.3 is 13.9 Å². The van der Waals surface area contributed by atoms with Crippen LogP contribution in [0.5, 0.6) is 11.5 Å². The third kappa shape index (κ3) is 2.19. The third-order valence-corrected chi connectivity index (χ3v) is 4.92. The van der Waals surface area contributed by atoms with E-state index in [9.17, 15) is 4.79 Å². The van der Waals surface area contributed by atoms with Crippen molar-refractivity contribution >= 4 is 22.6 Å². The minimum atomic E-state index is -0.228. The van der Waals surface area contributed by atoms with Gasteiger partial charge in [-0.3, -0.25) is 9.69 Å². The minimum Gasteiger partial charge on any atom is -0.493 e. The van der Waals surface area contributed by atoms with Crippen LogP contribution in [0.15, 0.2) is 52.9 Å². The van der Waals surface area contributed by atoms with Gasteiger partial charge in [-0.25, -0.2) is 0 Å². The summed E-state index contributed by atoms with van der Waals surface area (Å²) in [7, 11) is 1.59. The Kier molecular flexibility index (Phi) is 2.89. The summed E-state index contributed by atoms with van der Waals surface area (Å²) >= 11 is 0. The number of furan rings is 1. The van der Waals surface area contributed by atoms with Gasteiger partial charge in [-0.1, -0.05) is 24.3 Å². The first-order chi connectivity index (χ1) is 12.2. The number of anilines is 1. The van der Waals surface area contributed by atoms with Gasteiger partial charge in [0, 0.05) is 5.39 Å². The number of para-hydroxylation sites is 3. The molecule has 1 saturated carbocycles. The molecule has 126 valence electrons. The molecule has 1 aliphatic heterocycles. The van der Waals surface area contributed by atoms with Crippen molar-refractivity contribution in [2.45, 2.75) is 18.4 Å². The van der Waals surface area contributed by atoms with Crippen LogP contribution in [0.25, 0.3) is 11.0 Å². The Morgan fingerprint density at radius 2 is 2.00 bits per heavy atom. The van der Waals surface area contributed by atoms with Crippen LogP contribution in [0.1, 0.15) is 23.4 Å². The molecule has 2 aromatic carbocycles. The van der Waals surface area contributed by atoms with Gasteiger partial charge in [0.15, 0.2) is 17.1 Å². The molecule has 0 radical (unpaired) electrons. The van der Waals surface area contributed by atoms with Crippen LogP contribution >= 0.6 is 0 Å². The number of nitrogens with zero attached hydrogens (tertiary/aromatic N) is 1. The molecule has 0 atom stereocenters. The fourth-order valence-corrected chi connectivity index (χ4v) is 3.42. The van der Waals surface area contributed by atoms with E-state index < -0.39 is 0 Å². The van der Waals surface area contributed by atoms with Crippen LogP contribution in [0, 0.1) is 0 Å². The molecule has 1 fully saturated rings. The van der Waals surface area contributed by atoms with E-state index in [4.69, 9.17) is 13.9 Å². The zero-order valence-electron chi connectivity index (χ0n) is 13.8. The summed E-state index contributed by atoms with van der Waals surface area (Å²) in [6.45, 7) is 0.553. The van der Waals surface area contributed by atoms with Crippen molar-refractivity contribution in [3.8, 4) is 11.5 Å². The van der Waals surface area contributed by atoms with Crippen molar-refractivity contribution in [3.05, 3.63) is 54.3 Å². The Balaban J connectivity index is 1.58. The Bertz CT molecular complexity index is 986. The topological polar surface area (TPSA) is 51.9 Å². The lowest BCUT2D eigenvalue weighted by Crippen LogP contribution is -2.45. The number of carbonyl (C=O) groups is 1. The number of benzene rings is 2. The molecule has 1 spiro atoms. The summed E-state index contributed by atoms with van der Waals surface area (Å²) in [5.74, 6) is 1.54. The smallest absolute Gasteiger partial charge is 0.294 e. The first-order valence-corrected chi connectivity index (χ1v) is 8.36. The second-order valence-corrected chi connectivity index (χ2v) is 6.63. The number of carbonyl (C=O) groups excluding carboxylic acids is 1. The summed E-state index contributed by atoms with van der Waals surface area (Å²) < 4.78 is 17.3. The number of hydrogen-bond acceptors (Lipinski definition) is 4. The molecule has 0 saturated heterocycles. The average molecular weight is 335 g/mol. The molecular formula is C20H17NO4. The molecule has 5 nitrogen and oxygen atoms in total. The second-order valence-electron chi connectivity index (χ2n) is 6.63. The molecule has 2 aliphatic rings. The van der Waals surface area contributed by atoms with E-state index in [0.717, 1.165) is 29.7 Å². The lowest BCUT2D eigenvalue weighted by atomic mass is 10.1. The van der Waals surface area contributed by atoms with E-state index >= 15 is 0 Å². The molecule has 2 heterocycles. The van der Waals surface area contributed by atoms with Gasteiger partial charge in [-0.05, 0) is 37.1 Å². The van der Waals surface area contributed by atoms with Crippen LogP contribution in [-0.4, -0.2) is 25.2 Å². The van der Waals surface area contributed by atoms with Crippen molar-refractivity contribution < 1.29 is 18.7 Å². The number of hydrogen-bond donors (Lipinski definition) is 0. The third-order valence-electron chi connectivity index (χ3n) is 4.92. The summed E-state index contributed by atoms with van der Waals surface area (Å²) in [6.07, 6.45) is 1.94. The number of amides is 1. The fourth-order valence-electron chi connectivity index (χ4n) is 3.42. The molecule has 5 rings (SSSR count). The first-order valence-electron chi connectivity index (χ1n) is 8.36. The summed E-state index contributed by atoms with van der Waals surface area (Å²) in [4.78, 5) is 15.0. The Hall–Kier alpha value is -2.95. The molecule has 1 aliphatic carbocycles. The Morgan fingerprint density at radius 1 is 1.16 bits per heavy atom. The maximum atomic E-state index is 13.2. The van der Waals surface area contributed by atoms with Crippen molar-refractivity contribution in [1.82, 2.24) is 0 Å². The van der Waals surface area contributed by atoms with E-state index in [1.54, 1.807) is 18.1 Å². The molecule has 0 bridgehead atoms. The van der Waals surface area contributed by atoms with E-state index in [0.29, 0.717) is 23.6 Å². The molecular weight excluding hydrogens is 318 g/mol. The molecule has 25 heavy (non-hydrogen) atoms. The van der Waals surface area contributed by atoms with Gasteiger partial charge in [0.25, 0.3) is 5.91 Å². The molecule has 0 N–H and O–H groups in total. The van der Waals surface area contributed by atoms with Crippen LogP contribution in [0.2, 0.25) is 0 Å². The van der Waals surface area contributed by atoms with Gasteiger partial charge in [0.05, 0.1) is 19.3 Å². The lowest BCUT2D eigenvalue weighted by Gasteiger charge is -2.34. The van der Waals surface area contributed by atoms with Crippen molar-refractivity contribution in [2.24, 2.45) is 0 Å². The zero-order chi connectivity index (χ0) is 17.0. The highest BCUT2D eigenvalue weighted by Gasteiger charge is 2.51. The molecule has 3 aromatic rings. The lowest BCUT2D eigenvalue weighted by molar-refractivity contribution is 0.0919. The van der Waals surface area contributed by atoms with Crippen molar-refractivity contribution in [3.63, 3.8) is 0 Å². The summed E-state index contributed by atoms with van der Waals surface area (Å²) in [5.41, 5.74) is 1.15. The second kappa shape index (κ2) is 5.02. The van der Waals surface area contributed by atoms with E-state index in [1.165, 1.54) is 0 Å². The molecule has 5 heteroatoms. The average Bonchev–Trinajstić information content (AvgIpc) is 3.23. The maximum Gasteiger partial charge on any atom is 0.294 e. The molecule has 1 aromatic heterocycles. The largest absolute Gasteiger partial charge is 0.493 e. The maximum absolute atomic E-state index is 13.2. The number of ether oxygens (including phenoxy) is 2. The number of methoxy groups -OCH3 is 1. The van der Waals surface area contributed by atoms with Crippen LogP contribution < -0.4 is 14.4 Å². The first kappa shape index (κ1) is 14.4. The number of rotatable bonds is 2. The Labute approximate surface area is 144 Å². The standard InChI is InChI=1S/C20H17NO4/c1-23-16-8-4-5-13-11-17(24-18(13)16)19(22)21-12-20(9-10-20)25-15-7-3-2-6-14(15)21/h2-8,11H,9-10,12H2,1H3. The van der Waals surface area contributed by atoms with Crippen LogP contribution in [0.3, 0.4) is 0 Å². The fraction of sp³-hybridized carbons (Fsp3) is 0.250. The predicted octanol–water partition coefficient (Wildman–Crippen LogP) is 4.01. The quantitative estimate of drug-likeness (QED) is 0.710. The minimum absolute atomic E-state index is 0.153. The molecule has 1 amide bonds. The number of fused-ring (bicyclic) bond motifs is 2. The van der Waals surface area contributed by atoms with Crippen LogP contribution in [0.4, 0.5) is 5.69 Å². The van der Waals surface area contributed by atoms with Crippen LogP contribution in [-0.2, 0) is 0 Å². The highest BCUT2D eigenvalue weighted by atomic mass is 16.5. The zero-order valence-corrected chi connectivity index (χ0v) is 13.8. The van der Waals surface area contributed by atoms with Gasteiger partial charge in [0.1, 0.15) is 11.4 Å². The monoisotopic (exact) mass is 335 g/mol. The normalized spacial score (nSPS) is 17.2. The van der Waals surface area contributed by atoms with Crippen molar-refractivity contribution in [2.75, 3.05) is 18.6 Å². The van der Waals surface area contributed by atoms with Crippen molar-refractivity contribution in [1.29, 1.82) is 0 Å². The predicted molar refractivity (Wildman–Crippen MR) is 93.5 cm³/mol. The highest BCUT2D eigenvalue weighted by molar-refractivity contribution is 6.07. The van der Waals surface area contributed by atoms with Gasteiger partial charge in [-0.15, -0.1) is 0 Å². The van der Waals surface area contributed by atoms with E-state index in [1.807, 2.05) is 42.5 Å². The molecule has 0 unspecified atom stereocenters. The van der Waals surface area contributed by atoms with E-state index in [2.05, 4.69) is 0 Å². The van der Waals surface area contributed by atoms with E-state index in [-0.39, 0.29) is 11.5 Å². The highest BCUT2D eigenvalue weighted by Crippen LogP contribution is 2.48. The summed E-state index contributed by atoms with van der Waals surface area (Å²) in [6, 6.07) is 15.1. The van der Waals surface area contributed by atoms with Gasteiger partial charge in [-0.2, -0.15) is 0 Å². The SMILES string of the molecule is COc1cccc2cc(C(=O)N3CC4(CC4)Oc4ccccc43)oc12. The Morgan fingerprint density at radius 3 is 2.80 bits per heavy atom.